The fourth-order valence-electron chi connectivity index (χ4n) is 1.20. The summed E-state index contributed by atoms with van der Waals surface area (Å²) in [7, 11) is 0. The van der Waals surface area contributed by atoms with Crippen molar-refractivity contribution in [2.24, 2.45) is 5.16 Å². The second-order valence-corrected chi connectivity index (χ2v) is 2.88. The van der Waals surface area contributed by atoms with E-state index < -0.39 is 0 Å². The highest BCUT2D eigenvalue weighted by Crippen LogP contribution is 2.01. The van der Waals surface area contributed by atoms with Crippen molar-refractivity contribution >= 4 is 6.21 Å². The number of terminal acetylenes is 1. The Morgan fingerprint density at radius 1 is 1.64 bits per heavy atom. The molecule has 0 saturated carbocycles. The minimum atomic E-state index is 0.660. The Morgan fingerprint density at radius 3 is 3.21 bits per heavy atom. The summed E-state index contributed by atoms with van der Waals surface area (Å²) in [5, 5.41) is 11.3. The number of hydrogen-bond acceptors (Lipinski definition) is 3. The zero-order valence-electron chi connectivity index (χ0n) is 7.93. The molecule has 0 spiro atoms. The van der Waals surface area contributed by atoms with Gasteiger partial charge in [-0.3, -0.25) is 0 Å². The first-order valence-corrected chi connectivity index (χ1v) is 4.50. The van der Waals surface area contributed by atoms with Gasteiger partial charge in [0.25, 0.3) is 0 Å². The molecule has 0 radical (unpaired) electrons. The standard InChI is InChI=1S/C10H13N3O/c1-2-3-4-5-7-13-8-6-11-10(13)9-12-14/h1,6,8-9,14H,3-5,7H2. The normalized spacial score (nSPS) is 10.5. The predicted molar refractivity (Wildman–Crippen MR) is 54.3 cm³/mol. The highest BCUT2D eigenvalue weighted by molar-refractivity contribution is 5.74. The van der Waals surface area contributed by atoms with Gasteiger partial charge in [0.1, 0.15) is 6.21 Å². The van der Waals surface area contributed by atoms with Crippen LogP contribution in [-0.4, -0.2) is 21.0 Å². The van der Waals surface area contributed by atoms with Gasteiger partial charge in [0, 0.05) is 25.4 Å². The SMILES string of the molecule is C#CCCCCn1ccnc1C=NO. The van der Waals surface area contributed by atoms with Crippen LogP contribution in [0.4, 0.5) is 0 Å². The third kappa shape index (κ3) is 2.94. The second kappa shape index (κ2) is 5.81. The Morgan fingerprint density at radius 2 is 2.50 bits per heavy atom. The van der Waals surface area contributed by atoms with E-state index in [-0.39, 0.29) is 0 Å². The summed E-state index contributed by atoms with van der Waals surface area (Å²) in [5.74, 6) is 3.26. The van der Waals surface area contributed by atoms with Crippen molar-refractivity contribution in [2.75, 3.05) is 0 Å². The van der Waals surface area contributed by atoms with Gasteiger partial charge in [-0.25, -0.2) is 4.98 Å². The van der Waals surface area contributed by atoms with Crippen molar-refractivity contribution < 1.29 is 5.21 Å². The van der Waals surface area contributed by atoms with Crippen LogP contribution >= 0.6 is 0 Å². The molecule has 0 atom stereocenters. The van der Waals surface area contributed by atoms with Gasteiger partial charge in [-0.15, -0.1) is 12.3 Å². The summed E-state index contributed by atoms with van der Waals surface area (Å²) in [6.45, 7) is 0.850. The maximum atomic E-state index is 8.36. The van der Waals surface area contributed by atoms with Crippen molar-refractivity contribution in [3.8, 4) is 12.3 Å². The molecular weight excluding hydrogens is 178 g/mol. The van der Waals surface area contributed by atoms with Crippen LogP contribution in [-0.2, 0) is 6.54 Å². The summed E-state index contributed by atoms with van der Waals surface area (Å²) in [6, 6.07) is 0. The zero-order chi connectivity index (χ0) is 10.2. The van der Waals surface area contributed by atoms with Crippen LogP contribution in [0, 0.1) is 12.3 Å². The van der Waals surface area contributed by atoms with Crippen LogP contribution in [0.2, 0.25) is 0 Å². The van der Waals surface area contributed by atoms with Crippen LogP contribution in [0.1, 0.15) is 25.1 Å². The minimum absolute atomic E-state index is 0.660. The smallest absolute Gasteiger partial charge is 0.154 e. The molecule has 74 valence electrons. The fourth-order valence-corrected chi connectivity index (χ4v) is 1.20. The number of nitrogens with zero attached hydrogens (tertiary/aromatic N) is 3. The van der Waals surface area contributed by atoms with E-state index in [0.29, 0.717) is 5.82 Å². The number of unbranched alkanes of at least 4 members (excludes halogenated alkanes) is 2. The van der Waals surface area contributed by atoms with E-state index in [4.69, 9.17) is 11.6 Å². The number of oxime groups is 1. The highest BCUT2D eigenvalue weighted by Gasteiger charge is 1.98. The van der Waals surface area contributed by atoms with Gasteiger partial charge in [-0.05, 0) is 12.8 Å². The van der Waals surface area contributed by atoms with E-state index in [9.17, 15) is 0 Å². The molecule has 0 aliphatic carbocycles. The van der Waals surface area contributed by atoms with Gasteiger partial charge in [-0.1, -0.05) is 5.16 Å². The summed E-state index contributed by atoms with van der Waals surface area (Å²) in [5.41, 5.74) is 0. The lowest BCUT2D eigenvalue weighted by atomic mass is 10.2. The maximum absolute atomic E-state index is 8.36. The number of aromatic nitrogens is 2. The van der Waals surface area contributed by atoms with Crippen molar-refractivity contribution in [1.29, 1.82) is 0 Å². The van der Waals surface area contributed by atoms with E-state index in [1.54, 1.807) is 6.20 Å². The molecule has 0 saturated heterocycles. The molecule has 1 rings (SSSR count). The maximum Gasteiger partial charge on any atom is 0.154 e. The van der Waals surface area contributed by atoms with Crippen LogP contribution in [0.5, 0.6) is 0 Å². The Hall–Kier alpha value is -1.76. The molecule has 1 N–H and O–H groups in total. The van der Waals surface area contributed by atoms with Crippen LogP contribution in [0.3, 0.4) is 0 Å². The molecule has 14 heavy (non-hydrogen) atoms. The van der Waals surface area contributed by atoms with Crippen molar-refractivity contribution in [1.82, 2.24) is 9.55 Å². The average molecular weight is 191 g/mol. The number of hydrogen-bond donors (Lipinski definition) is 1. The van der Waals surface area contributed by atoms with Crippen LogP contribution in [0.25, 0.3) is 0 Å². The molecular formula is C10H13N3O. The van der Waals surface area contributed by atoms with E-state index in [1.165, 1.54) is 6.21 Å². The van der Waals surface area contributed by atoms with Gasteiger partial charge >= 0.3 is 0 Å². The predicted octanol–water partition coefficient (Wildman–Crippen LogP) is 1.49. The van der Waals surface area contributed by atoms with Gasteiger partial charge in [-0.2, -0.15) is 0 Å². The molecule has 0 fully saturated rings. The molecule has 1 aromatic heterocycles. The first-order valence-electron chi connectivity index (χ1n) is 4.50. The number of rotatable bonds is 5. The first-order chi connectivity index (χ1) is 6.88. The van der Waals surface area contributed by atoms with E-state index in [2.05, 4.69) is 16.1 Å². The molecule has 0 unspecified atom stereocenters. The molecule has 0 aliphatic heterocycles. The van der Waals surface area contributed by atoms with Crippen LogP contribution < -0.4 is 0 Å². The Kier molecular flexibility index (Phi) is 4.29. The monoisotopic (exact) mass is 191 g/mol. The molecule has 0 aliphatic rings. The van der Waals surface area contributed by atoms with Crippen molar-refractivity contribution in [3.05, 3.63) is 18.2 Å². The molecule has 0 bridgehead atoms. The zero-order valence-corrected chi connectivity index (χ0v) is 7.93. The topological polar surface area (TPSA) is 50.4 Å². The molecule has 1 aromatic rings. The van der Waals surface area contributed by atoms with E-state index in [1.807, 2.05) is 10.8 Å². The van der Waals surface area contributed by atoms with Crippen LogP contribution in [0.15, 0.2) is 17.5 Å². The van der Waals surface area contributed by atoms with Gasteiger partial charge in [0.2, 0.25) is 0 Å². The quantitative estimate of drug-likeness (QED) is 0.252. The molecule has 4 nitrogen and oxygen atoms in total. The number of aryl methyl sites for hydroxylation is 1. The summed E-state index contributed by atoms with van der Waals surface area (Å²) in [6.07, 6.45) is 12.8. The average Bonchev–Trinajstić information content (AvgIpc) is 2.61. The highest BCUT2D eigenvalue weighted by atomic mass is 16.4. The van der Waals surface area contributed by atoms with Gasteiger partial charge in [0.15, 0.2) is 5.82 Å². The van der Waals surface area contributed by atoms with Crippen molar-refractivity contribution in [3.63, 3.8) is 0 Å². The number of imidazole rings is 1. The Bertz CT molecular complexity index is 335. The van der Waals surface area contributed by atoms with Gasteiger partial charge < -0.3 is 9.77 Å². The third-order valence-electron chi connectivity index (χ3n) is 1.89. The molecule has 1 heterocycles. The Balaban J connectivity index is 2.42. The largest absolute Gasteiger partial charge is 0.411 e. The first kappa shape index (κ1) is 10.3. The lowest BCUT2D eigenvalue weighted by Gasteiger charge is -2.02. The molecule has 0 amide bonds. The van der Waals surface area contributed by atoms with Crippen molar-refractivity contribution in [2.45, 2.75) is 25.8 Å². The fraction of sp³-hybridized carbons (Fsp3) is 0.400. The molecule has 4 heteroatoms. The third-order valence-corrected chi connectivity index (χ3v) is 1.89. The summed E-state index contributed by atoms with van der Waals surface area (Å²) >= 11 is 0. The van der Waals surface area contributed by atoms with Gasteiger partial charge in [0.05, 0.1) is 0 Å². The molecule has 0 aromatic carbocycles. The van der Waals surface area contributed by atoms with E-state index in [0.717, 1.165) is 25.8 Å². The lowest BCUT2D eigenvalue weighted by Crippen LogP contribution is -2.02. The summed E-state index contributed by atoms with van der Waals surface area (Å²) < 4.78 is 1.93. The second-order valence-electron chi connectivity index (χ2n) is 2.88. The summed E-state index contributed by atoms with van der Waals surface area (Å²) in [4.78, 5) is 4.02. The Labute approximate surface area is 83.3 Å². The van der Waals surface area contributed by atoms with E-state index >= 15 is 0 Å². The minimum Gasteiger partial charge on any atom is -0.411 e. The lowest BCUT2D eigenvalue weighted by molar-refractivity contribution is 0.321.